The Hall–Kier alpha value is -1.59. The van der Waals surface area contributed by atoms with Crippen LogP contribution in [0.25, 0.3) is 0 Å². The highest BCUT2D eigenvalue weighted by molar-refractivity contribution is 5.97. The summed E-state index contributed by atoms with van der Waals surface area (Å²) in [6.45, 7) is 4.53. The third kappa shape index (κ3) is 3.68. The molecule has 1 fully saturated rings. The van der Waals surface area contributed by atoms with Gasteiger partial charge >= 0.3 is 0 Å². The molecule has 0 aliphatic carbocycles. The van der Waals surface area contributed by atoms with Gasteiger partial charge in [0.25, 0.3) is 0 Å². The van der Waals surface area contributed by atoms with Crippen LogP contribution in [0, 0.1) is 5.41 Å². The molecule has 0 amide bonds. The van der Waals surface area contributed by atoms with Crippen LogP contribution in [0.2, 0.25) is 0 Å². The fraction of sp³-hybridized carbons (Fsp3) is 0.500. The fourth-order valence-corrected chi connectivity index (χ4v) is 2.27. The number of benzene rings is 1. The lowest BCUT2D eigenvalue weighted by molar-refractivity contribution is 0.140. The third-order valence-electron chi connectivity index (χ3n) is 3.28. The summed E-state index contributed by atoms with van der Waals surface area (Å²) in [6.07, 6.45) is 1.07. The van der Waals surface area contributed by atoms with E-state index in [9.17, 15) is 0 Å². The first-order valence-corrected chi connectivity index (χ1v) is 6.52. The Bertz CT molecular complexity index is 440. The molecule has 1 aliphatic rings. The van der Waals surface area contributed by atoms with Gasteiger partial charge in [0.15, 0.2) is 0 Å². The van der Waals surface area contributed by atoms with Gasteiger partial charge in [-0.25, -0.2) is 0 Å². The van der Waals surface area contributed by atoms with Crippen LogP contribution in [0.4, 0.5) is 0 Å². The lowest BCUT2D eigenvalue weighted by atomic mass is 10.1. The molecule has 0 unspecified atom stereocenters. The van der Waals surface area contributed by atoms with Crippen LogP contribution in [0.15, 0.2) is 18.2 Å². The predicted octanol–water partition coefficient (Wildman–Crippen LogP) is 1.20. The first-order chi connectivity index (χ1) is 9.20. The zero-order valence-electron chi connectivity index (χ0n) is 11.3. The van der Waals surface area contributed by atoms with Gasteiger partial charge in [0, 0.05) is 26.2 Å². The van der Waals surface area contributed by atoms with E-state index in [0.717, 1.165) is 39.3 Å². The molecule has 1 aliphatic heterocycles. The summed E-state index contributed by atoms with van der Waals surface area (Å²) >= 11 is 0. The predicted molar refractivity (Wildman–Crippen MR) is 74.7 cm³/mol. The van der Waals surface area contributed by atoms with Crippen LogP contribution in [-0.2, 0) is 11.3 Å². The molecule has 0 atom stereocenters. The van der Waals surface area contributed by atoms with E-state index in [-0.39, 0.29) is 5.84 Å². The van der Waals surface area contributed by atoms with Crippen LogP contribution in [0.1, 0.15) is 17.5 Å². The molecule has 5 heteroatoms. The van der Waals surface area contributed by atoms with Gasteiger partial charge in [-0.05, 0) is 24.1 Å². The van der Waals surface area contributed by atoms with Crippen molar-refractivity contribution in [1.82, 2.24) is 4.90 Å². The molecule has 104 valence electrons. The topological polar surface area (TPSA) is 71.6 Å². The van der Waals surface area contributed by atoms with Crippen molar-refractivity contribution >= 4 is 5.84 Å². The number of amidine groups is 1. The van der Waals surface area contributed by atoms with E-state index in [0.29, 0.717) is 11.3 Å². The zero-order valence-corrected chi connectivity index (χ0v) is 11.3. The number of hydrogen-bond acceptors (Lipinski definition) is 4. The molecule has 1 heterocycles. The molecular weight excluding hydrogens is 242 g/mol. The number of methoxy groups -OCH3 is 1. The molecule has 0 radical (unpaired) electrons. The molecular formula is C14H21N3O2. The summed E-state index contributed by atoms with van der Waals surface area (Å²) in [7, 11) is 1.60. The number of nitrogens with zero attached hydrogens (tertiary/aromatic N) is 1. The Balaban J connectivity index is 2.09. The Labute approximate surface area is 113 Å². The quantitative estimate of drug-likeness (QED) is 0.632. The highest BCUT2D eigenvalue weighted by Gasteiger charge is 2.12. The Morgan fingerprint density at radius 3 is 3.00 bits per heavy atom. The van der Waals surface area contributed by atoms with E-state index < -0.39 is 0 Å². The molecule has 2 rings (SSSR count). The molecule has 0 aromatic heterocycles. The van der Waals surface area contributed by atoms with E-state index in [1.807, 2.05) is 18.2 Å². The molecule has 5 nitrogen and oxygen atoms in total. The van der Waals surface area contributed by atoms with Crippen molar-refractivity contribution in [3.05, 3.63) is 29.3 Å². The van der Waals surface area contributed by atoms with E-state index in [1.165, 1.54) is 5.56 Å². The first kappa shape index (κ1) is 13.8. The van der Waals surface area contributed by atoms with Crippen LogP contribution >= 0.6 is 0 Å². The Morgan fingerprint density at radius 1 is 1.42 bits per heavy atom. The minimum absolute atomic E-state index is 0.0339. The van der Waals surface area contributed by atoms with Gasteiger partial charge in [0.05, 0.1) is 19.3 Å². The number of nitrogen functional groups attached to an aromatic ring is 1. The minimum atomic E-state index is 0.0339. The van der Waals surface area contributed by atoms with Gasteiger partial charge < -0.3 is 15.2 Å². The number of ether oxygens (including phenoxy) is 2. The number of rotatable bonds is 4. The summed E-state index contributed by atoms with van der Waals surface area (Å²) in [6, 6.07) is 5.82. The Morgan fingerprint density at radius 2 is 2.26 bits per heavy atom. The molecule has 1 aromatic rings. The second kappa shape index (κ2) is 6.54. The van der Waals surface area contributed by atoms with E-state index in [2.05, 4.69) is 4.90 Å². The molecule has 0 bridgehead atoms. The van der Waals surface area contributed by atoms with Crippen LogP contribution in [0.3, 0.4) is 0 Å². The largest absolute Gasteiger partial charge is 0.496 e. The maximum Gasteiger partial charge on any atom is 0.130 e. The smallest absolute Gasteiger partial charge is 0.130 e. The normalized spacial score (nSPS) is 16.9. The highest BCUT2D eigenvalue weighted by atomic mass is 16.5. The summed E-state index contributed by atoms with van der Waals surface area (Å²) in [5.41, 5.74) is 7.34. The lowest BCUT2D eigenvalue weighted by Gasteiger charge is -2.19. The minimum Gasteiger partial charge on any atom is -0.496 e. The second-order valence-corrected chi connectivity index (χ2v) is 4.69. The average Bonchev–Trinajstić information content (AvgIpc) is 2.67. The second-order valence-electron chi connectivity index (χ2n) is 4.69. The monoisotopic (exact) mass is 263 g/mol. The molecule has 0 saturated carbocycles. The van der Waals surface area contributed by atoms with E-state index >= 15 is 0 Å². The molecule has 1 saturated heterocycles. The van der Waals surface area contributed by atoms with Crippen molar-refractivity contribution in [1.29, 1.82) is 5.41 Å². The van der Waals surface area contributed by atoms with Crippen LogP contribution in [-0.4, -0.2) is 44.1 Å². The third-order valence-corrected chi connectivity index (χ3v) is 3.28. The van der Waals surface area contributed by atoms with Crippen LogP contribution in [0.5, 0.6) is 5.75 Å². The summed E-state index contributed by atoms with van der Waals surface area (Å²) in [5.74, 6) is 0.697. The highest BCUT2D eigenvalue weighted by Crippen LogP contribution is 2.21. The van der Waals surface area contributed by atoms with Gasteiger partial charge in [0.2, 0.25) is 0 Å². The van der Waals surface area contributed by atoms with Crippen molar-refractivity contribution in [2.45, 2.75) is 13.0 Å². The standard InChI is InChI=1S/C14H21N3O2/c1-18-13-9-11(3-4-12(13)14(15)16)10-17-5-2-7-19-8-6-17/h3-4,9H,2,5-8,10H2,1H3,(H3,15,16). The number of nitrogens with one attached hydrogen (secondary N) is 1. The summed E-state index contributed by atoms with van der Waals surface area (Å²) in [4.78, 5) is 2.37. The number of nitrogens with two attached hydrogens (primary N) is 1. The maximum absolute atomic E-state index is 7.50. The van der Waals surface area contributed by atoms with Crippen LogP contribution < -0.4 is 10.5 Å². The lowest BCUT2D eigenvalue weighted by Crippen LogP contribution is -2.25. The van der Waals surface area contributed by atoms with Crippen molar-refractivity contribution in [3.8, 4) is 5.75 Å². The molecule has 3 N–H and O–H groups in total. The van der Waals surface area contributed by atoms with Gasteiger partial charge in [-0.3, -0.25) is 10.3 Å². The fourth-order valence-electron chi connectivity index (χ4n) is 2.27. The average molecular weight is 263 g/mol. The molecule has 19 heavy (non-hydrogen) atoms. The zero-order chi connectivity index (χ0) is 13.7. The maximum atomic E-state index is 7.50. The van der Waals surface area contributed by atoms with Gasteiger partial charge in [-0.2, -0.15) is 0 Å². The van der Waals surface area contributed by atoms with Crippen molar-refractivity contribution < 1.29 is 9.47 Å². The van der Waals surface area contributed by atoms with Gasteiger partial charge in [-0.1, -0.05) is 6.07 Å². The molecule has 1 aromatic carbocycles. The summed E-state index contributed by atoms with van der Waals surface area (Å²) in [5, 5.41) is 7.50. The van der Waals surface area contributed by atoms with Crippen molar-refractivity contribution in [2.24, 2.45) is 5.73 Å². The van der Waals surface area contributed by atoms with Gasteiger partial charge in [0.1, 0.15) is 11.6 Å². The Kier molecular flexibility index (Phi) is 4.76. The van der Waals surface area contributed by atoms with Gasteiger partial charge in [-0.15, -0.1) is 0 Å². The molecule has 0 spiro atoms. The van der Waals surface area contributed by atoms with Crippen molar-refractivity contribution in [2.75, 3.05) is 33.4 Å². The number of hydrogen-bond donors (Lipinski definition) is 2. The first-order valence-electron chi connectivity index (χ1n) is 6.52. The summed E-state index contributed by atoms with van der Waals surface area (Å²) < 4.78 is 10.7. The van der Waals surface area contributed by atoms with E-state index in [4.69, 9.17) is 20.6 Å². The van der Waals surface area contributed by atoms with Crippen molar-refractivity contribution in [3.63, 3.8) is 0 Å². The SMILES string of the molecule is COc1cc(CN2CCCOCC2)ccc1C(=N)N. The van der Waals surface area contributed by atoms with E-state index in [1.54, 1.807) is 7.11 Å².